The van der Waals surface area contributed by atoms with Gasteiger partial charge in [-0.05, 0) is 30.3 Å². The molecule has 3 rings (SSSR count). The molecule has 0 atom stereocenters. The van der Waals surface area contributed by atoms with Crippen molar-refractivity contribution in [2.45, 2.75) is 0 Å². The summed E-state index contributed by atoms with van der Waals surface area (Å²) in [6.45, 7) is -0.0422. The Bertz CT molecular complexity index is 741. The number of rotatable bonds is 5. The van der Waals surface area contributed by atoms with Gasteiger partial charge in [0, 0.05) is 6.08 Å². The van der Waals surface area contributed by atoms with Crippen LogP contribution in [0.15, 0.2) is 53.2 Å². The van der Waals surface area contributed by atoms with E-state index in [2.05, 4.69) is 0 Å². The monoisotopic (exact) mass is 311 g/mol. The number of benzene rings is 1. The van der Waals surface area contributed by atoms with Crippen LogP contribution in [-0.4, -0.2) is 35.8 Å². The summed E-state index contributed by atoms with van der Waals surface area (Å²) in [5.41, 5.74) is 0.753. The highest BCUT2D eigenvalue weighted by atomic mass is 16.5. The Kier molecular flexibility index (Phi) is 4.05. The number of hydrogen-bond acceptors (Lipinski definition) is 5. The highest BCUT2D eigenvalue weighted by molar-refractivity contribution is 6.21. The molecule has 1 aromatic heterocycles. The van der Waals surface area contributed by atoms with Crippen LogP contribution in [0.4, 0.5) is 0 Å². The van der Waals surface area contributed by atoms with E-state index < -0.39 is 5.97 Å². The maximum absolute atomic E-state index is 12.1. The van der Waals surface area contributed by atoms with Crippen LogP contribution in [-0.2, 0) is 9.53 Å². The average Bonchev–Trinajstić information content (AvgIpc) is 3.16. The van der Waals surface area contributed by atoms with Crippen molar-refractivity contribution in [1.29, 1.82) is 0 Å². The maximum Gasteiger partial charge on any atom is 0.330 e. The van der Waals surface area contributed by atoms with E-state index in [4.69, 9.17) is 9.15 Å². The Morgan fingerprint density at radius 1 is 1.09 bits per heavy atom. The van der Waals surface area contributed by atoms with Crippen LogP contribution in [0.2, 0.25) is 0 Å². The third-order valence-corrected chi connectivity index (χ3v) is 3.36. The molecule has 0 bridgehead atoms. The minimum Gasteiger partial charge on any atom is -0.465 e. The standard InChI is InChI=1S/C17H13NO5/c19-15(8-7-12-4-3-10-22-12)23-11-9-18-16(20)13-5-1-2-6-14(13)17(18)21/h1-8,10H,9,11H2/b8-7+. The first-order chi connectivity index (χ1) is 11.2. The van der Waals surface area contributed by atoms with Gasteiger partial charge in [-0.25, -0.2) is 4.79 Å². The number of carbonyl (C=O) groups excluding carboxylic acids is 3. The first kappa shape index (κ1) is 14.8. The number of fused-ring (bicyclic) bond motifs is 1. The number of ether oxygens (including phenoxy) is 1. The van der Waals surface area contributed by atoms with Crippen molar-refractivity contribution in [2.75, 3.05) is 13.2 Å². The molecule has 0 radical (unpaired) electrons. The molecule has 2 heterocycles. The summed E-state index contributed by atoms with van der Waals surface area (Å²) < 4.78 is 10.0. The minimum atomic E-state index is -0.571. The van der Waals surface area contributed by atoms with E-state index in [1.54, 1.807) is 36.4 Å². The third kappa shape index (κ3) is 3.06. The summed E-state index contributed by atoms with van der Waals surface area (Å²) in [4.78, 5) is 36.8. The van der Waals surface area contributed by atoms with Crippen LogP contribution < -0.4 is 0 Å². The van der Waals surface area contributed by atoms with Crippen molar-refractivity contribution in [3.63, 3.8) is 0 Å². The van der Waals surface area contributed by atoms with Crippen LogP contribution in [0.25, 0.3) is 6.08 Å². The third-order valence-electron chi connectivity index (χ3n) is 3.36. The van der Waals surface area contributed by atoms with E-state index in [-0.39, 0.29) is 25.0 Å². The fourth-order valence-electron chi connectivity index (χ4n) is 2.26. The summed E-state index contributed by atoms with van der Waals surface area (Å²) in [5, 5.41) is 0. The first-order valence-electron chi connectivity index (χ1n) is 7.00. The zero-order valence-corrected chi connectivity index (χ0v) is 12.1. The number of furan rings is 1. The van der Waals surface area contributed by atoms with Gasteiger partial charge in [-0.1, -0.05) is 12.1 Å². The molecule has 0 spiro atoms. The van der Waals surface area contributed by atoms with Gasteiger partial charge in [0.2, 0.25) is 0 Å². The van der Waals surface area contributed by atoms with Gasteiger partial charge in [-0.15, -0.1) is 0 Å². The predicted octanol–water partition coefficient (Wildman–Crippen LogP) is 2.13. The SMILES string of the molecule is O=C(/C=C/c1ccco1)OCCN1C(=O)c2ccccc2C1=O. The smallest absolute Gasteiger partial charge is 0.330 e. The van der Waals surface area contributed by atoms with Gasteiger partial charge < -0.3 is 9.15 Å². The van der Waals surface area contributed by atoms with Crippen molar-refractivity contribution in [2.24, 2.45) is 0 Å². The fraction of sp³-hybridized carbons (Fsp3) is 0.118. The second-order valence-corrected chi connectivity index (χ2v) is 4.82. The van der Waals surface area contributed by atoms with Crippen LogP contribution in [0.5, 0.6) is 0 Å². The maximum atomic E-state index is 12.1. The van der Waals surface area contributed by atoms with E-state index >= 15 is 0 Å². The molecule has 2 amide bonds. The second kappa shape index (κ2) is 6.31. The van der Waals surface area contributed by atoms with Crippen molar-refractivity contribution >= 4 is 23.9 Å². The summed E-state index contributed by atoms with van der Waals surface area (Å²) in [6, 6.07) is 10.0. The number of hydrogen-bond donors (Lipinski definition) is 0. The van der Waals surface area contributed by atoms with Gasteiger partial charge in [-0.3, -0.25) is 14.5 Å². The van der Waals surface area contributed by atoms with E-state index in [9.17, 15) is 14.4 Å². The van der Waals surface area contributed by atoms with Crippen LogP contribution >= 0.6 is 0 Å². The summed E-state index contributed by atoms with van der Waals surface area (Å²) >= 11 is 0. The number of carbonyl (C=O) groups is 3. The Morgan fingerprint density at radius 3 is 2.39 bits per heavy atom. The van der Waals surface area contributed by atoms with E-state index in [0.29, 0.717) is 16.9 Å². The first-order valence-corrected chi connectivity index (χ1v) is 7.00. The van der Waals surface area contributed by atoms with Crippen LogP contribution in [0, 0.1) is 0 Å². The molecule has 6 heteroatoms. The zero-order chi connectivity index (χ0) is 16.2. The summed E-state index contributed by atoms with van der Waals surface area (Å²) in [7, 11) is 0. The Hall–Kier alpha value is -3.15. The molecule has 2 aromatic rings. The number of esters is 1. The normalized spacial score (nSPS) is 13.7. The molecule has 1 aliphatic heterocycles. The Labute approximate surface area is 131 Å². The molecule has 116 valence electrons. The lowest BCUT2D eigenvalue weighted by molar-refractivity contribution is -0.137. The molecule has 0 unspecified atom stereocenters. The molecule has 0 aliphatic carbocycles. The number of nitrogens with zero attached hydrogens (tertiary/aromatic N) is 1. The van der Waals surface area contributed by atoms with Gasteiger partial charge in [0.1, 0.15) is 12.4 Å². The minimum absolute atomic E-state index is 0.0205. The highest BCUT2D eigenvalue weighted by Crippen LogP contribution is 2.21. The molecular formula is C17H13NO5. The van der Waals surface area contributed by atoms with Crippen LogP contribution in [0.1, 0.15) is 26.5 Å². The largest absolute Gasteiger partial charge is 0.465 e. The van der Waals surface area contributed by atoms with Gasteiger partial charge in [0.05, 0.1) is 23.9 Å². The van der Waals surface area contributed by atoms with Gasteiger partial charge in [0.15, 0.2) is 0 Å². The molecule has 0 N–H and O–H groups in total. The Balaban J connectivity index is 1.53. The van der Waals surface area contributed by atoms with Crippen molar-refractivity contribution < 1.29 is 23.5 Å². The van der Waals surface area contributed by atoms with Gasteiger partial charge in [-0.2, -0.15) is 0 Å². The number of amides is 2. The molecular weight excluding hydrogens is 298 g/mol. The van der Waals surface area contributed by atoms with Crippen molar-refractivity contribution in [3.8, 4) is 0 Å². The quantitative estimate of drug-likeness (QED) is 0.480. The Morgan fingerprint density at radius 2 is 1.78 bits per heavy atom. The topological polar surface area (TPSA) is 76.8 Å². The van der Waals surface area contributed by atoms with E-state index in [0.717, 1.165) is 4.90 Å². The van der Waals surface area contributed by atoms with Crippen molar-refractivity contribution in [3.05, 3.63) is 65.6 Å². The van der Waals surface area contributed by atoms with Crippen molar-refractivity contribution in [1.82, 2.24) is 4.90 Å². The highest BCUT2D eigenvalue weighted by Gasteiger charge is 2.34. The fourth-order valence-corrected chi connectivity index (χ4v) is 2.26. The average molecular weight is 311 g/mol. The predicted molar refractivity (Wildman–Crippen MR) is 80.5 cm³/mol. The second-order valence-electron chi connectivity index (χ2n) is 4.82. The molecule has 0 saturated heterocycles. The molecule has 1 aliphatic rings. The lowest BCUT2D eigenvalue weighted by Crippen LogP contribution is -2.33. The molecule has 0 fully saturated rings. The molecule has 23 heavy (non-hydrogen) atoms. The summed E-state index contributed by atoms with van der Waals surface area (Å²) in [5.74, 6) is -0.777. The van der Waals surface area contributed by atoms with Crippen LogP contribution in [0.3, 0.4) is 0 Å². The summed E-state index contributed by atoms with van der Waals surface area (Å²) in [6.07, 6.45) is 4.19. The van der Waals surface area contributed by atoms with E-state index in [1.165, 1.54) is 18.4 Å². The molecule has 6 nitrogen and oxygen atoms in total. The lowest BCUT2D eigenvalue weighted by atomic mass is 10.1. The zero-order valence-electron chi connectivity index (χ0n) is 12.1. The van der Waals surface area contributed by atoms with Gasteiger partial charge >= 0.3 is 5.97 Å². The molecule has 0 saturated carbocycles. The molecule has 1 aromatic carbocycles. The lowest BCUT2D eigenvalue weighted by Gasteiger charge is -2.13. The van der Waals surface area contributed by atoms with E-state index in [1.807, 2.05) is 0 Å². The van der Waals surface area contributed by atoms with Gasteiger partial charge in [0.25, 0.3) is 11.8 Å². The number of imide groups is 1.